The van der Waals surface area contributed by atoms with E-state index < -0.39 is 11.7 Å². The van der Waals surface area contributed by atoms with E-state index in [1.165, 1.54) is 12.1 Å². The van der Waals surface area contributed by atoms with Gasteiger partial charge in [-0.05, 0) is 61.4 Å². The summed E-state index contributed by atoms with van der Waals surface area (Å²) in [6.45, 7) is 1.10. The number of benzene rings is 2. The normalized spacial score (nSPS) is 17.3. The quantitative estimate of drug-likeness (QED) is 0.416. The average molecular weight is 511 g/mol. The summed E-state index contributed by atoms with van der Waals surface area (Å²) < 4.78 is 55.0. The van der Waals surface area contributed by atoms with Crippen LogP contribution in [0.25, 0.3) is 22.7 Å². The van der Waals surface area contributed by atoms with E-state index in [1.54, 1.807) is 17.0 Å². The zero-order valence-corrected chi connectivity index (χ0v) is 19.3. The van der Waals surface area contributed by atoms with Crippen molar-refractivity contribution in [3.8, 4) is 34.2 Å². The van der Waals surface area contributed by atoms with Crippen molar-refractivity contribution in [2.45, 2.75) is 24.9 Å². The van der Waals surface area contributed by atoms with E-state index in [0.717, 1.165) is 30.5 Å². The zero-order chi connectivity index (χ0) is 25.6. The minimum atomic E-state index is -4.42. The number of nitrogens with one attached hydrogen (secondary N) is 1. The van der Waals surface area contributed by atoms with Crippen LogP contribution >= 0.6 is 0 Å². The number of H-pyrrole nitrogens is 1. The number of aromatic nitrogens is 4. The molecule has 2 aliphatic heterocycles. The van der Waals surface area contributed by atoms with Crippen molar-refractivity contribution in [3.63, 3.8) is 0 Å². The molecule has 0 aliphatic carbocycles. The van der Waals surface area contributed by atoms with Crippen LogP contribution in [0, 0.1) is 0 Å². The van der Waals surface area contributed by atoms with Crippen LogP contribution in [0.15, 0.2) is 52.9 Å². The lowest BCUT2D eigenvalue weighted by Gasteiger charge is -2.30. The van der Waals surface area contributed by atoms with Crippen molar-refractivity contribution in [2.24, 2.45) is 0 Å². The van der Waals surface area contributed by atoms with Gasteiger partial charge in [0, 0.05) is 24.2 Å². The first kappa shape index (κ1) is 23.1. The summed E-state index contributed by atoms with van der Waals surface area (Å²) in [6.07, 6.45) is -2.95. The topological polar surface area (TPSA) is 106 Å². The monoisotopic (exact) mass is 511 g/mol. The Bertz CT molecular complexity index is 1450. The predicted molar refractivity (Wildman–Crippen MR) is 123 cm³/mol. The number of ether oxygens (including phenoxy) is 2. The molecule has 4 heterocycles. The fourth-order valence-electron chi connectivity index (χ4n) is 4.49. The molecule has 2 aromatic heterocycles. The Kier molecular flexibility index (Phi) is 5.58. The highest BCUT2D eigenvalue weighted by Gasteiger charge is 2.32. The van der Waals surface area contributed by atoms with Crippen LogP contribution in [0.2, 0.25) is 0 Å². The highest BCUT2D eigenvalue weighted by atomic mass is 19.4. The second kappa shape index (κ2) is 8.95. The van der Waals surface area contributed by atoms with E-state index in [-0.39, 0.29) is 24.5 Å². The van der Waals surface area contributed by atoms with E-state index in [2.05, 4.69) is 20.4 Å². The van der Waals surface area contributed by atoms with Gasteiger partial charge in [-0.1, -0.05) is 0 Å². The van der Waals surface area contributed by atoms with Gasteiger partial charge in [0.1, 0.15) is 5.69 Å². The summed E-state index contributed by atoms with van der Waals surface area (Å²) in [6, 6.07) is 11.7. The van der Waals surface area contributed by atoms with Crippen LogP contribution in [0.1, 0.15) is 40.7 Å². The fraction of sp³-hybridized carbons (Fsp3) is 0.280. The van der Waals surface area contributed by atoms with Crippen LogP contribution in [-0.2, 0) is 6.18 Å². The average Bonchev–Trinajstić information content (AvgIpc) is 3.68. The smallest absolute Gasteiger partial charge is 0.416 e. The molecule has 1 unspecified atom stereocenters. The molecule has 9 nitrogen and oxygen atoms in total. The van der Waals surface area contributed by atoms with Crippen molar-refractivity contribution >= 4 is 5.91 Å². The minimum Gasteiger partial charge on any atom is -0.454 e. The Morgan fingerprint density at radius 1 is 1.00 bits per heavy atom. The Labute approximate surface area is 208 Å². The lowest BCUT2D eigenvalue weighted by Crippen LogP contribution is -2.39. The number of alkyl halides is 3. The predicted octanol–water partition coefficient (Wildman–Crippen LogP) is 4.89. The molecule has 1 atom stereocenters. The molecule has 0 bridgehead atoms. The highest BCUT2D eigenvalue weighted by molar-refractivity contribution is 5.93. The van der Waals surface area contributed by atoms with Crippen LogP contribution in [0.3, 0.4) is 0 Å². The van der Waals surface area contributed by atoms with Crippen molar-refractivity contribution in [3.05, 3.63) is 65.7 Å². The summed E-state index contributed by atoms with van der Waals surface area (Å²) in [5.74, 6) is 1.38. The summed E-state index contributed by atoms with van der Waals surface area (Å²) in [7, 11) is 0. The maximum Gasteiger partial charge on any atom is 0.416 e. The van der Waals surface area contributed by atoms with Gasteiger partial charge in [0.05, 0.1) is 17.2 Å². The SMILES string of the molecule is O=C(c1cc(-c2ccc3c(c2)OCO3)n[nH]1)N1CCCC(c2nnc(-c3ccc(C(F)(F)F)cc3)o2)C1. The molecule has 1 N–H and O–H groups in total. The number of rotatable bonds is 4. The number of nitrogens with zero attached hydrogens (tertiary/aromatic N) is 4. The van der Waals surface area contributed by atoms with Crippen molar-refractivity contribution < 1.29 is 31.9 Å². The number of likely N-dealkylation sites (tertiary alicyclic amines) is 1. The van der Waals surface area contributed by atoms with Crippen molar-refractivity contribution in [2.75, 3.05) is 19.9 Å². The van der Waals surface area contributed by atoms with Gasteiger partial charge in [0.25, 0.3) is 5.91 Å². The molecule has 37 heavy (non-hydrogen) atoms. The minimum absolute atomic E-state index is 0.133. The Hall–Kier alpha value is -4.35. The summed E-state index contributed by atoms with van der Waals surface area (Å²) in [5, 5.41) is 15.2. The van der Waals surface area contributed by atoms with E-state index in [9.17, 15) is 18.0 Å². The molecule has 0 radical (unpaired) electrons. The Balaban J connectivity index is 1.15. The third-order valence-corrected chi connectivity index (χ3v) is 6.43. The molecular formula is C25H20F3N5O4. The first-order valence-electron chi connectivity index (χ1n) is 11.6. The number of carbonyl (C=O) groups is 1. The first-order valence-corrected chi connectivity index (χ1v) is 11.6. The second-order valence-electron chi connectivity index (χ2n) is 8.85. The Morgan fingerprint density at radius 3 is 2.59 bits per heavy atom. The van der Waals surface area contributed by atoms with Gasteiger partial charge >= 0.3 is 6.18 Å². The molecule has 1 amide bonds. The standard InChI is InChI=1S/C25H20F3N5O4/c26-25(27,28)17-6-3-14(4-7-17)22-31-32-23(37-22)16-2-1-9-33(12-16)24(34)19-11-18(29-30-19)15-5-8-20-21(10-15)36-13-35-20/h3-8,10-11,16H,1-2,9,12-13H2,(H,29,30). The van der Waals surface area contributed by atoms with E-state index >= 15 is 0 Å². The van der Waals surface area contributed by atoms with Gasteiger partial charge in [0.2, 0.25) is 18.6 Å². The molecule has 6 rings (SSSR count). The van der Waals surface area contributed by atoms with Gasteiger partial charge in [-0.2, -0.15) is 18.3 Å². The maximum atomic E-state index is 13.2. The van der Waals surface area contributed by atoms with Crippen LogP contribution in [0.5, 0.6) is 11.5 Å². The molecule has 1 fully saturated rings. The van der Waals surface area contributed by atoms with Gasteiger partial charge in [-0.25, -0.2) is 0 Å². The van der Waals surface area contributed by atoms with Crippen molar-refractivity contribution in [1.82, 2.24) is 25.3 Å². The molecule has 2 aromatic carbocycles. The van der Waals surface area contributed by atoms with E-state index in [0.29, 0.717) is 47.4 Å². The van der Waals surface area contributed by atoms with E-state index in [1.807, 2.05) is 12.1 Å². The number of carbonyl (C=O) groups excluding carboxylic acids is 1. The third-order valence-electron chi connectivity index (χ3n) is 6.43. The van der Waals surface area contributed by atoms with Crippen LogP contribution < -0.4 is 9.47 Å². The van der Waals surface area contributed by atoms with Gasteiger partial charge < -0.3 is 18.8 Å². The van der Waals surface area contributed by atoms with Gasteiger partial charge in [-0.3, -0.25) is 9.89 Å². The lowest BCUT2D eigenvalue weighted by atomic mass is 9.97. The van der Waals surface area contributed by atoms with Crippen molar-refractivity contribution in [1.29, 1.82) is 0 Å². The number of amides is 1. The summed E-state index contributed by atoms with van der Waals surface area (Å²) in [4.78, 5) is 14.9. The van der Waals surface area contributed by atoms with E-state index in [4.69, 9.17) is 13.9 Å². The van der Waals surface area contributed by atoms with Crippen LogP contribution in [0.4, 0.5) is 13.2 Å². The zero-order valence-electron chi connectivity index (χ0n) is 19.3. The maximum absolute atomic E-state index is 13.2. The molecule has 1 saturated heterocycles. The number of halogens is 3. The lowest BCUT2D eigenvalue weighted by molar-refractivity contribution is -0.137. The van der Waals surface area contributed by atoms with Gasteiger partial charge in [-0.15, -0.1) is 10.2 Å². The highest BCUT2D eigenvalue weighted by Crippen LogP contribution is 2.36. The Morgan fingerprint density at radius 2 is 1.78 bits per heavy atom. The molecule has 0 saturated carbocycles. The summed E-state index contributed by atoms with van der Waals surface area (Å²) >= 11 is 0. The number of fused-ring (bicyclic) bond motifs is 1. The molecule has 4 aromatic rings. The first-order chi connectivity index (χ1) is 17.8. The molecular weight excluding hydrogens is 491 g/mol. The largest absolute Gasteiger partial charge is 0.454 e. The molecule has 190 valence electrons. The second-order valence-corrected chi connectivity index (χ2v) is 8.85. The molecule has 2 aliphatic rings. The number of aromatic amines is 1. The molecule has 12 heteroatoms. The van der Waals surface area contributed by atoms with Gasteiger partial charge in [0.15, 0.2) is 11.5 Å². The molecule has 0 spiro atoms. The van der Waals surface area contributed by atoms with Crippen LogP contribution in [-0.4, -0.2) is 51.1 Å². The third kappa shape index (κ3) is 4.50. The number of piperidine rings is 1. The number of hydrogen-bond donors (Lipinski definition) is 1. The fourth-order valence-corrected chi connectivity index (χ4v) is 4.49. The summed E-state index contributed by atoms with van der Waals surface area (Å²) in [5.41, 5.74) is 1.39. The number of hydrogen-bond acceptors (Lipinski definition) is 7.